The highest BCUT2D eigenvalue weighted by atomic mass is 16.2. The Morgan fingerprint density at radius 1 is 1.53 bits per heavy atom. The number of benzene rings is 1. The fourth-order valence-electron chi connectivity index (χ4n) is 1.12. The fraction of sp³-hybridized carbons (Fsp3) is 0.100. The largest absolute Gasteiger partial charge is 0.315 e. The minimum Gasteiger partial charge on any atom is -0.303 e. The molecule has 1 aromatic rings. The third-order valence-corrected chi connectivity index (χ3v) is 1.74. The number of carbonyl (C=O) groups is 1. The molecule has 0 unspecified atom stereocenters. The lowest BCUT2D eigenvalue weighted by atomic mass is 10.3. The minimum atomic E-state index is -0.636. The summed E-state index contributed by atoms with van der Waals surface area (Å²) in [7, 11) is 0. The first-order valence-electron chi connectivity index (χ1n) is 4.32. The second-order valence-corrected chi connectivity index (χ2v) is 2.71. The molecule has 0 heterocycles. The molecule has 0 radical (unpaired) electrons. The van der Waals surface area contributed by atoms with Crippen LogP contribution in [-0.2, 0) is 0 Å². The number of hydrogen-bond acceptors (Lipinski definition) is 1. The maximum Gasteiger partial charge on any atom is 0.315 e. The highest BCUT2D eigenvalue weighted by Crippen LogP contribution is 2.14. The van der Waals surface area contributed by atoms with Crippen molar-refractivity contribution in [1.82, 2.24) is 0 Å². The maximum absolute atomic E-state index is 11.4. The Hall–Kier alpha value is -2.26. The topological polar surface area (TPSA) is 69.1 Å². The SMILES string of the molecule is C=CCN(C(=O)N=[N+]=[N-])c1ccccc1. The number of anilines is 1. The van der Waals surface area contributed by atoms with Gasteiger partial charge in [-0.1, -0.05) is 24.3 Å². The van der Waals surface area contributed by atoms with Crippen LogP contribution in [0.15, 0.2) is 48.1 Å². The molecule has 2 amide bonds. The number of urea groups is 1. The summed E-state index contributed by atoms with van der Waals surface area (Å²) in [4.78, 5) is 15.2. The molecule has 0 saturated carbocycles. The molecule has 76 valence electrons. The van der Waals surface area contributed by atoms with Gasteiger partial charge in [0.05, 0.1) is 0 Å². The van der Waals surface area contributed by atoms with E-state index in [1.165, 1.54) is 4.90 Å². The predicted molar refractivity (Wildman–Crippen MR) is 58.5 cm³/mol. The van der Waals surface area contributed by atoms with E-state index in [1.807, 2.05) is 6.07 Å². The second-order valence-electron chi connectivity index (χ2n) is 2.71. The summed E-state index contributed by atoms with van der Waals surface area (Å²) < 4.78 is 0. The number of carbonyl (C=O) groups excluding carboxylic acids is 1. The van der Waals surface area contributed by atoms with Gasteiger partial charge < -0.3 is 4.90 Å². The highest BCUT2D eigenvalue weighted by Gasteiger charge is 2.11. The number of nitrogens with zero attached hydrogens (tertiary/aromatic N) is 4. The summed E-state index contributed by atoms with van der Waals surface area (Å²) in [6.45, 7) is 3.85. The van der Waals surface area contributed by atoms with Crippen molar-refractivity contribution in [2.75, 3.05) is 11.4 Å². The van der Waals surface area contributed by atoms with E-state index >= 15 is 0 Å². The van der Waals surface area contributed by atoms with Gasteiger partial charge in [0.25, 0.3) is 0 Å². The van der Waals surface area contributed by atoms with E-state index in [0.29, 0.717) is 12.2 Å². The molecule has 0 atom stereocenters. The Balaban J connectivity index is 2.97. The molecule has 0 N–H and O–H groups in total. The molecule has 0 spiro atoms. The highest BCUT2D eigenvalue weighted by molar-refractivity contribution is 5.92. The van der Waals surface area contributed by atoms with Crippen molar-refractivity contribution in [3.63, 3.8) is 0 Å². The quantitative estimate of drug-likeness (QED) is 0.321. The van der Waals surface area contributed by atoms with Crippen LogP contribution in [0.4, 0.5) is 10.5 Å². The number of rotatable bonds is 3. The average molecular weight is 202 g/mol. The molecule has 1 rings (SSSR count). The van der Waals surface area contributed by atoms with E-state index in [4.69, 9.17) is 5.53 Å². The number of azide groups is 1. The molecule has 0 fully saturated rings. The van der Waals surface area contributed by atoms with E-state index in [2.05, 4.69) is 16.6 Å². The molecule has 0 saturated heterocycles. The summed E-state index contributed by atoms with van der Waals surface area (Å²) in [6.07, 6.45) is 1.57. The Bertz CT molecular complexity index is 395. The van der Waals surface area contributed by atoms with Crippen LogP contribution in [0.2, 0.25) is 0 Å². The van der Waals surface area contributed by atoms with Crippen LogP contribution in [0.5, 0.6) is 0 Å². The van der Waals surface area contributed by atoms with Crippen molar-refractivity contribution in [3.8, 4) is 0 Å². The first-order valence-corrected chi connectivity index (χ1v) is 4.32. The zero-order valence-electron chi connectivity index (χ0n) is 8.08. The maximum atomic E-state index is 11.4. The van der Waals surface area contributed by atoms with Gasteiger partial charge in [0, 0.05) is 22.3 Å². The first kappa shape index (κ1) is 10.8. The summed E-state index contributed by atoms with van der Waals surface area (Å²) in [6, 6.07) is 8.32. The van der Waals surface area contributed by atoms with Gasteiger partial charge in [0.2, 0.25) is 0 Å². The summed E-state index contributed by atoms with van der Waals surface area (Å²) in [5.74, 6) is 0. The van der Waals surface area contributed by atoms with Crippen molar-refractivity contribution in [2.45, 2.75) is 0 Å². The molecule has 0 aromatic heterocycles. The molecule has 1 aromatic carbocycles. The van der Waals surface area contributed by atoms with Gasteiger partial charge in [0.1, 0.15) is 0 Å². The van der Waals surface area contributed by atoms with Crippen molar-refractivity contribution in [3.05, 3.63) is 53.4 Å². The van der Waals surface area contributed by atoms with Gasteiger partial charge in [0.15, 0.2) is 0 Å². The Morgan fingerprint density at radius 3 is 2.73 bits per heavy atom. The molecule has 0 aliphatic rings. The van der Waals surface area contributed by atoms with Crippen LogP contribution < -0.4 is 4.90 Å². The van der Waals surface area contributed by atoms with Gasteiger partial charge in [-0.15, -0.1) is 6.58 Å². The average Bonchev–Trinajstić information content (AvgIpc) is 2.27. The third kappa shape index (κ3) is 2.86. The predicted octanol–water partition coefficient (Wildman–Crippen LogP) is 3.11. The molecular weight excluding hydrogens is 192 g/mol. The van der Waals surface area contributed by atoms with E-state index in [9.17, 15) is 4.79 Å². The summed E-state index contributed by atoms with van der Waals surface area (Å²) >= 11 is 0. The van der Waals surface area contributed by atoms with Crippen molar-refractivity contribution < 1.29 is 4.79 Å². The lowest BCUT2D eigenvalue weighted by Gasteiger charge is -2.18. The van der Waals surface area contributed by atoms with Crippen LogP contribution in [0, 0.1) is 0 Å². The van der Waals surface area contributed by atoms with Crippen LogP contribution in [0.3, 0.4) is 0 Å². The third-order valence-electron chi connectivity index (χ3n) is 1.74. The minimum absolute atomic E-state index is 0.307. The standard InChI is InChI=1S/C10H10N4O/c1-2-8-14(10(15)12-13-11)9-6-4-3-5-7-9/h2-7H,1,8H2. The van der Waals surface area contributed by atoms with Crippen molar-refractivity contribution in [2.24, 2.45) is 5.11 Å². The molecule has 0 aliphatic carbocycles. The van der Waals surface area contributed by atoms with Gasteiger partial charge in [-0.05, 0) is 17.7 Å². The van der Waals surface area contributed by atoms with Crippen molar-refractivity contribution in [1.29, 1.82) is 0 Å². The van der Waals surface area contributed by atoms with E-state index in [1.54, 1.807) is 30.3 Å². The Labute approximate surface area is 87.3 Å². The molecule has 0 aliphatic heterocycles. The lowest BCUT2D eigenvalue weighted by Crippen LogP contribution is -2.27. The van der Waals surface area contributed by atoms with E-state index < -0.39 is 6.03 Å². The van der Waals surface area contributed by atoms with Crippen LogP contribution in [0.1, 0.15) is 0 Å². The molecule has 5 nitrogen and oxygen atoms in total. The lowest BCUT2D eigenvalue weighted by molar-refractivity contribution is 0.254. The smallest absolute Gasteiger partial charge is 0.303 e. The van der Waals surface area contributed by atoms with Crippen LogP contribution in [-0.4, -0.2) is 12.6 Å². The van der Waals surface area contributed by atoms with Crippen LogP contribution >= 0.6 is 0 Å². The normalized spacial score (nSPS) is 8.80. The molecule has 15 heavy (non-hydrogen) atoms. The number of para-hydroxylation sites is 1. The zero-order chi connectivity index (χ0) is 11.1. The van der Waals surface area contributed by atoms with Gasteiger partial charge in [-0.2, -0.15) is 0 Å². The fourth-order valence-corrected chi connectivity index (χ4v) is 1.12. The van der Waals surface area contributed by atoms with E-state index in [0.717, 1.165) is 0 Å². The Kier molecular flexibility index (Phi) is 3.94. The molecule has 0 bridgehead atoms. The van der Waals surface area contributed by atoms with Crippen LogP contribution in [0.25, 0.3) is 10.4 Å². The summed E-state index contributed by atoms with van der Waals surface area (Å²) in [5, 5.41) is 3.04. The van der Waals surface area contributed by atoms with Gasteiger partial charge in [-0.3, -0.25) is 4.79 Å². The molecule has 5 heteroatoms. The summed E-state index contributed by atoms with van der Waals surface area (Å²) in [5.41, 5.74) is 8.86. The van der Waals surface area contributed by atoms with E-state index in [-0.39, 0.29) is 0 Å². The monoisotopic (exact) mass is 202 g/mol. The van der Waals surface area contributed by atoms with Gasteiger partial charge in [-0.25, -0.2) is 0 Å². The Morgan fingerprint density at radius 2 is 2.20 bits per heavy atom. The number of amides is 2. The zero-order valence-corrected chi connectivity index (χ0v) is 8.08. The number of hydrogen-bond donors (Lipinski definition) is 0. The first-order chi connectivity index (χ1) is 7.29. The van der Waals surface area contributed by atoms with Crippen molar-refractivity contribution >= 4 is 11.7 Å². The van der Waals surface area contributed by atoms with Gasteiger partial charge >= 0.3 is 6.03 Å². The second kappa shape index (κ2) is 5.47. The molecular formula is C10H10N4O.